The molecule has 0 unspecified atom stereocenters. The summed E-state index contributed by atoms with van der Waals surface area (Å²) in [5.74, 6) is 1.18. The molecule has 0 spiro atoms. The van der Waals surface area contributed by atoms with E-state index in [9.17, 15) is 4.79 Å². The van der Waals surface area contributed by atoms with Gasteiger partial charge >= 0.3 is 0 Å². The molecule has 4 heteroatoms. The molecule has 140 valence electrons. The highest BCUT2D eigenvalue weighted by Gasteiger charge is 2.23. The monoisotopic (exact) mass is 353 g/mol. The lowest BCUT2D eigenvalue weighted by Gasteiger charge is -2.36. The van der Waals surface area contributed by atoms with Crippen LogP contribution in [0.15, 0.2) is 30.3 Å². The van der Waals surface area contributed by atoms with E-state index in [0.717, 1.165) is 43.3 Å². The summed E-state index contributed by atoms with van der Waals surface area (Å²) in [6.45, 7) is 15.4. The fourth-order valence-corrected chi connectivity index (χ4v) is 3.15. The average Bonchev–Trinajstić information content (AvgIpc) is 2.66. The van der Waals surface area contributed by atoms with Gasteiger partial charge in [-0.1, -0.05) is 37.6 Å². The predicted molar refractivity (Wildman–Crippen MR) is 109 cm³/mol. The zero-order chi connectivity index (χ0) is 19.3. The van der Waals surface area contributed by atoms with Crippen LogP contribution in [0.1, 0.15) is 46.6 Å². The van der Waals surface area contributed by atoms with Crippen molar-refractivity contribution in [3.05, 3.63) is 58.3 Å². The van der Waals surface area contributed by atoms with Crippen molar-refractivity contribution >= 4 is 11.7 Å². The molecule has 0 atom stereocenters. The van der Waals surface area contributed by atoms with Gasteiger partial charge in [0.15, 0.2) is 0 Å². The number of carbonyl (C=O) groups is 1. The van der Waals surface area contributed by atoms with Crippen molar-refractivity contribution in [1.29, 1.82) is 0 Å². The van der Waals surface area contributed by atoms with E-state index in [4.69, 9.17) is 4.98 Å². The van der Waals surface area contributed by atoms with Gasteiger partial charge in [-0.05, 0) is 51.0 Å². The lowest BCUT2D eigenvalue weighted by molar-refractivity contribution is 0.0746. The number of amides is 1. The molecule has 26 heavy (non-hydrogen) atoms. The Labute approximate surface area is 157 Å². The second-order valence-corrected chi connectivity index (χ2v) is 6.68. The summed E-state index contributed by atoms with van der Waals surface area (Å²) < 4.78 is 0. The first kappa shape index (κ1) is 20.0. The molecule has 1 aromatic heterocycles. The number of nitrogens with zero attached hydrogens (tertiary/aromatic N) is 3. The van der Waals surface area contributed by atoms with Gasteiger partial charge in [0.1, 0.15) is 5.82 Å². The molecule has 1 aromatic carbocycles. The Morgan fingerprint density at radius 1 is 0.885 bits per heavy atom. The third kappa shape index (κ3) is 4.43. The number of rotatable bonds is 2. The summed E-state index contributed by atoms with van der Waals surface area (Å²) in [4.78, 5) is 21.6. The highest BCUT2D eigenvalue weighted by Crippen LogP contribution is 2.22. The summed E-state index contributed by atoms with van der Waals surface area (Å²) in [6, 6.07) is 10.0. The van der Waals surface area contributed by atoms with Crippen LogP contribution in [-0.2, 0) is 0 Å². The van der Waals surface area contributed by atoms with Crippen molar-refractivity contribution in [2.24, 2.45) is 0 Å². The van der Waals surface area contributed by atoms with Gasteiger partial charge < -0.3 is 9.80 Å². The van der Waals surface area contributed by atoms with Crippen molar-refractivity contribution < 1.29 is 4.79 Å². The van der Waals surface area contributed by atoms with Gasteiger partial charge in [-0.2, -0.15) is 0 Å². The quantitative estimate of drug-likeness (QED) is 0.807. The van der Waals surface area contributed by atoms with Crippen molar-refractivity contribution in [1.82, 2.24) is 9.88 Å². The molecule has 0 N–H and O–H groups in total. The molecule has 2 aromatic rings. The summed E-state index contributed by atoms with van der Waals surface area (Å²) in [6.07, 6.45) is 0. The zero-order valence-corrected chi connectivity index (χ0v) is 17.0. The van der Waals surface area contributed by atoms with E-state index >= 15 is 0 Å². The molecule has 1 aliphatic rings. The van der Waals surface area contributed by atoms with E-state index in [1.54, 1.807) is 0 Å². The molecule has 1 aliphatic heterocycles. The van der Waals surface area contributed by atoms with Crippen LogP contribution >= 0.6 is 0 Å². The van der Waals surface area contributed by atoms with Gasteiger partial charge in [-0.3, -0.25) is 4.79 Å². The van der Waals surface area contributed by atoms with Gasteiger partial charge in [0, 0.05) is 37.4 Å². The number of hydrogen-bond donors (Lipinski definition) is 0. The van der Waals surface area contributed by atoms with Crippen LogP contribution in [0.4, 0.5) is 5.82 Å². The minimum absolute atomic E-state index is 0.124. The maximum Gasteiger partial charge on any atom is 0.253 e. The SMILES string of the molecule is CC.Cc1ccc(C(=O)N2CCN(c3nc(C)c(C)cc3C)CC2)cc1. The molecular formula is C22H31N3O. The third-order valence-electron chi connectivity index (χ3n) is 4.79. The van der Waals surface area contributed by atoms with Gasteiger partial charge in [-0.15, -0.1) is 0 Å². The van der Waals surface area contributed by atoms with E-state index in [2.05, 4.69) is 31.7 Å². The summed E-state index contributed by atoms with van der Waals surface area (Å²) in [5.41, 5.74) is 5.46. The smallest absolute Gasteiger partial charge is 0.253 e. The number of hydrogen-bond acceptors (Lipinski definition) is 3. The first-order valence-corrected chi connectivity index (χ1v) is 9.51. The van der Waals surface area contributed by atoms with E-state index in [0.29, 0.717) is 0 Å². The Bertz CT molecular complexity index is 745. The Hall–Kier alpha value is -2.36. The van der Waals surface area contributed by atoms with Crippen LogP contribution in [0.25, 0.3) is 0 Å². The number of aryl methyl sites for hydroxylation is 4. The number of benzene rings is 1. The van der Waals surface area contributed by atoms with E-state index < -0.39 is 0 Å². The van der Waals surface area contributed by atoms with Gasteiger partial charge in [-0.25, -0.2) is 4.98 Å². The van der Waals surface area contributed by atoms with Gasteiger partial charge in [0.25, 0.3) is 5.91 Å². The van der Waals surface area contributed by atoms with E-state index in [1.807, 2.05) is 49.9 Å². The fourth-order valence-electron chi connectivity index (χ4n) is 3.15. The normalized spacial score (nSPS) is 13.9. The van der Waals surface area contributed by atoms with Crippen LogP contribution in [0.2, 0.25) is 0 Å². The van der Waals surface area contributed by atoms with Crippen molar-refractivity contribution in [2.75, 3.05) is 31.1 Å². The molecule has 1 amide bonds. The van der Waals surface area contributed by atoms with Crippen molar-refractivity contribution in [2.45, 2.75) is 41.5 Å². The second-order valence-electron chi connectivity index (χ2n) is 6.68. The summed E-state index contributed by atoms with van der Waals surface area (Å²) in [7, 11) is 0. The Morgan fingerprint density at radius 2 is 1.46 bits per heavy atom. The maximum absolute atomic E-state index is 12.6. The van der Waals surface area contributed by atoms with E-state index in [1.165, 1.54) is 16.7 Å². The van der Waals surface area contributed by atoms with Crippen molar-refractivity contribution in [3.63, 3.8) is 0 Å². The Kier molecular flexibility index (Phi) is 6.78. The predicted octanol–water partition coefficient (Wildman–Crippen LogP) is 4.30. The minimum atomic E-state index is 0.124. The maximum atomic E-state index is 12.6. The molecule has 0 bridgehead atoms. The first-order chi connectivity index (χ1) is 12.5. The molecular weight excluding hydrogens is 322 g/mol. The van der Waals surface area contributed by atoms with E-state index in [-0.39, 0.29) is 5.91 Å². The standard InChI is InChI=1S/C20H25N3O.C2H6/c1-14-5-7-18(8-6-14)20(24)23-11-9-22(10-12-23)19-16(3)13-15(2)17(4)21-19;1-2/h5-8,13H,9-12H2,1-4H3;1-2H3. The molecule has 1 fully saturated rings. The number of piperazine rings is 1. The molecule has 0 aliphatic carbocycles. The molecule has 0 saturated carbocycles. The lowest BCUT2D eigenvalue weighted by atomic mass is 10.1. The number of aromatic nitrogens is 1. The molecule has 3 rings (SSSR count). The van der Waals surface area contributed by atoms with Crippen molar-refractivity contribution in [3.8, 4) is 0 Å². The van der Waals surface area contributed by atoms with Crippen LogP contribution in [0.3, 0.4) is 0 Å². The van der Waals surface area contributed by atoms with Crippen LogP contribution in [0.5, 0.6) is 0 Å². The summed E-state index contributed by atoms with van der Waals surface area (Å²) >= 11 is 0. The molecule has 4 nitrogen and oxygen atoms in total. The number of pyridine rings is 1. The van der Waals surface area contributed by atoms with Gasteiger partial charge in [0.05, 0.1) is 0 Å². The van der Waals surface area contributed by atoms with Crippen LogP contribution in [-0.4, -0.2) is 42.0 Å². The number of carbonyl (C=O) groups excluding carboxylic acids is 1. The Morgan fingerprint density at radius 3 is 2.04 bits per heavy atom. The lowest BCUT2D eigenvalue weighted by Crippen LogP contribution is -2.49. The molecule has 2 heterocycles. The summed E-state index contributed by atoms with van der Waals surface area (Å²) in [5, 5.41) is 0. The fraction of sp³-hybridized carbons (Fsp3) is 0.455. The Balaban J connectivity index is 0.00000117. The first-order valence-electron chi connectivity index (χ1n) is 9.51. The largest absolute Gasteiger partial charge is 0.353 e. The average molecular weight is 354 g/mol. The highest BCUT2D eigenvalue weighted by atomic mass is 16.2. The molecule has 1 saturated heterocycles. The van der Waals surface area contributed by atoms with Crippen LogP contribution < -0.4 is 4.90 Å². The minimum Gasteiger partial charge on any atom is -0.353 e. The zero-order valence-electron chi connectivity index (χ0n) is 17.0. The number of anilines is 1. The second kappa shape index (κ2) is 8.84. The third-order valence-corrected chi connectivity index (χ3v) is 4.79. The highest BCUT2D eigenvalue weighted by molar-refractivity contribution is 5.94. The topological polar surface area (TPSA) is 36.4 Å². The van der Waals surface area contributed by atoms with Crippen LogP contribution in [0, 0.1) is 27.7 Å². The van der Waals surface area contributed by atoms with Gasteiger partial charge in [0.2, 0.25) is 0 Å². The molecule has 0 radical (unpaired) electrons.